The van der Waals surface area contributed by atoms with Crippen LogP contribution in [0.1, 0.15) is 48.1 Å². The van der Waals surface area contributed by atoms with Crippen LogP contribution in [-0.4, -0.2) is 47.7 Å². The van der Waals surface area contributed by atoms with Crippen LogP contribution in [0.3, 0.4) is 0 Å². The highest BCUT2D eigenvalue weighted by atomic mass is 35.5. The molecule has 0 aliphatic rings. The number of hydrogen-bond acceptors (Lipinski definition) is 5. The molecule has 0 saturated carbocycles. The van der Waals surface area contributed by atoms with Crippen molar-refractivity contribution in [1.82, 2.24) is 30.3 Å². The number of aryl methyl sites for hydroxylation is 3. The second-order valence-electron chi connectivity index (χ2n) is 7.73. The Balaban J connectivity index is 1.77. The molecular weight excluding hydrogens is 484 g/mol. The van der Waals surface area contributed by atoms with E-state index in [1.807, 2.05) is 13.8 Å². The van der Waals surface area contributed by atoms with Gasteiger partial charge in [0.05, 0.1) is 5.69 Å². The number of pyridine rings is 1. The van der Waals surface area contributed by atoms with Gasteiger partial charge in [0.1, 0.15) is 16.6 Å². The third-order valence-electron chi connectivity index (χ3n) is 5.29. The molecule has 0 aromatic carbocycles. The van der Waals surface area contributed by atoms with Crippen molar-refractivity contribution in [3.8, 4) is 11.1 Å². The van der Waals surface area contributed by atoms with E-state index in [1.54, 1.807) is 13.0 Å². The average molecular weight is 510 g/mol. The summed E-state index contributed by atoms with van der Waals surface area (Å²) in [5.41, 5.74) is 3.08. The van der Waals surface area contributed by atoms with Gasteiger partial charge in [0.15, 0.2) is 11.6 Å². The third-order valence-corrected chi connectivity index (χ3v) is 5.72. The van der Waals surface area contributed by atoms with Gasteiger partial charge in [0.25, 0.3) is 5.91 Å². The minimum atomic E-state index is -0.959. The van der Waals surface area contributed by atoms with E-state index in [2.05, 4.69) is 30.9 Å². The summed E-state index contributed by atoms with van der Waals surface area (Å²) in [6.07, 6.45) is 4.12. The van der Waals surface area contributed by atoms with Crippen LogP contribution in [0.25, 0.3) is 11.1 Å². The minimum absolute atomic E-state index is 0.238. The molecule has 0 unspecified atom stereocenters. The number of nitrogens with one attached hydrogen (secondary N) is 3. The van der Waals surface area contributed by atoms with Crippen molar-refractivity contribution in [3.63, 3.8) is 0 Å². The molecule has 2 amide bonds. The zero-order valence-electron chi connectivity index (χ0n) is 19.0. The zero-order chi connectivity index (χ0) is 24.8. The lowest BCUT2D eigenvalue weighted by atomic mass is 10.1. The Bertz CT molecular complexity index is 1140. The van der Waals surface area contributed by atoms with Crippen LogP contribution in [0, 0.1) is 19.7 Å². The fourth-order valence-electron chi connectivity index (χ4n) is 3.60. The molecule has 0 saturated heterocycles. The quantitative estimate of drug-likeness (QED) is 0.354. The summed E-state index contributed by atoms with van der Waals surface area (Å²) in [4.78, 5) is 29.2. The molecule has 1 atom stereocenters. The Kier molecular flexibility index (Phi) is 8.62. The summed E-state index contributed by atoms with van der Waals surface area (Å²) in [6.45, 7) is 5.97. The van der Waals surface area contributed by atoms with E-state index >= 15 is 0 Å². The van der Waals surface area contributed by atoms with Crippen molar-refractivity contribution in [2.45, 2.75) is 57.5 Å². The fraction of sp³-hybridized carbons (Fsp3) is 0.409. The number of aromatic amines is 1. The van der Waals surface area contributed by atoms with Crippen LogP contribution in [0.15, 0.2) is 24.5 Å². The molecule has 0 bridgehead atoms. The number of nitrogens with zero attached hydrogens (tertiary/aromatic N) is 4. The number of alkyl halides is 2. The van der Waals surface area contributed by atoms with Gasteiger partial charge >= 0.3 is 0 Å². The van der Waals surface area contributed by atoms with Crippen molar-refractivity contribution in [3.05, 3.63) is 47.4 Å². The van der Waals surface area contributed by atoms with Crippen LogP contribution in [0.2, 0.25) is 0 Å². The van der Waals surface area contributed by atoms with Crippen molar-refractivity contribution < 1.29 is 14.0 Å². The van der Waals surface area contributed by atoms with Crippen molar-refractivity contribution in [2.24, 2.45) is 0 Å². The van der Waals surface area contributed by atoms with Gasteiger partial charge in [-0.3, -0.25) is 19.4 Å². The number of amides is 2. The van der Waals surface area contributed by atoms with Gasteiger partial charge in [0, 0.05) is 35.8 Å². The summed E-state index contributed by atoms with van der Waals surface area (Å²) in [7, 11) is 0. The van der Waals surface area contributed by atoms with Gasteiger partial charge < -0.3 is 10.6 Å². The molecule has 34 heavy (non-hydrogen) atoms. The molecule has 0 fully saturated rings. The van der Waals surface area contributed by atoms with Gasteiger partial charge in [0.2, 0.25) is 5.91 Å². The van der Waals surface area contributed by atoms with Crippen molar-refractivity contribution in [1.29, 1.82) is 0 Å². The predicted octanol–water partition coefficient (Wildman–Crippen LogP) is 4.16. The molecule has 12 heteroatoms. The third kappa shape index (κ3) is 6.12. The van der Waals surface area contributed by atoms with Gasteiger partial charge in [-0.25, -0.2) is 9.37 Å². The van der Waals surface area contributed by atoms with E-state index in [0.29, 0.717) is 36.3 Å². The molecular formula is C22H26Cl2FN7O2. The first-order chi connectivity index (χ1) is 16.2. The van der Waals surface area contributed by atoms with Gasteiger partial charge in [-0.15, -0.1) is 23.2 Å². The number of H-pyrrole nitrogens is 1. The van der Waals surface area contributed by atoms with Crippen LogP contribution < -0.4 is 10.6 Å². The number of hydrogen-bond donors (Lipinski definition) is 3. The molecule has 3 aromatic rings. The number of aromatic nitrogens is 5. The lowest BCUT2D eigenvalue weighted by molar-refractivity contribution is -0.118. The van der Waals surface area contributed by atoms with Crippen LogP contribution >= 0.6 is 23.2 Å². The standard InChI is InChI=1S/C22H26Cl2FN7O2/c1-4-32-17(8-9-27-32)22(34)28-16(6-5-7-18(23)24)21(33)29-20-15(25)10-14(11-26-20)19-12(2)30-31-13(19)3/h8-11,16,18H,4-7H2,1-3H3,(H,28,34)(H,30,31)(H,26,29,33)/t16-/m0/s1. The topological polar surface area (TPSA) is 118 Å². The SMILES string of the molecule is CCn1nccc1C(=O)N[C@@H](CCCC(Cl)Cl)C(=O)Nc1ncc(-c2c(C)n[nH]c2C)cc1F. The molecule has 0 spiro atoms. The molecule has 3 rings (SSSR count). The summed E-state index contributed by atoms with van der Waals surface area (Å²) in [5, 5.41) is 16.2. The second kappa shape index (κ2) is 11.4. The summed E-state index contributed by atoms with van der Waals surface area (Å²) < 4.78 is 16.3. The van der Waals surface area contributed by atoms with E-state index in [1.165, 1.54) is 23.1 Å². The maximum atomic E-state index is 14.8. The van der Waals surface area contributed by atoms with Crippen molar-refractivity contribution in [2.75, 3.05) is 5.32 Å². The number of carbonyl (C=O) groups is 2. The van der Waals surface area contributed by atoms with Crippen molar-refractivity contribution >= 4 is 40.8 Å². The Morgan fingerprint density at radius 1 is 1.26 bits per heavy atom. The summed E-state index contributed by atoms with van der Waals surface area (Å²) >= 11 is 11.6. The molecule has 3 aromatic heterocycles. The fourth-order valence-corrected chi connectivity index (χ4v) is 3.91. The Morgan fingerprint density at radius 2 is 2.03 bits per heavy atom. The molecule has 3 heterocycles. The van der Waals surface area contributed by atoms with Crippen LogP contribution in [0.4, 0.5) is 10.2 Å². The minimum Gasteiger partial charge on any atom is -0.339 e. The maximum absolute atomic E-state index is 14.8. The molecule has 182 valence electrons. The first-order valence-corrected chi connectivity index (χ1v) is 11.7. The lowest BCUT2D eigenvalue weighted by Gasteiger charge is -2.19. The Labute approximate surface area is 206 Å². The smallest absolute Gasteiger partial charge is 0.270 e. The molecule has 0 aliphatic carbocycles. The zero-order valence-corrected chi connectivity index (χ0v) is 20.5. The highest BCUT2D eigenvalue weighted by Crippen LogP contribution is 2.27. The largest absolute Gasteiger partial charge is 0.339 e. The molecule has 9 nitrogen and oxygen atoms in total. The van der Waals surface area contributed by atoms with Gasteiger partial charge in [-0.05, 0) is 52.2 Å². The van der Waals surface area contributed by atoms with Gasteiger partial charge in [-0.2, -0.15) is 10.2 Å². The van der Waals surface area contributed by atoms with E-state index in [0.717, 1.165) is 11.3 Å². The van der Waals surface area contributed by atoms with E-state index in [4.69, 9.17) is 23.2 Å². The Hall–Kier alpha value is -2.98. The number of anilines is 1. The number of halogens is 3. The van der Waals surface area contributed by atoms with E-state index in [-0.39, 0.29) is 12.2 Å². The lowest BCUT2D eigenvalue weighted by Crippen LogP contribution is -2.44. The average Bonchev–Trinajstić information content (AvgIpc) is 3.40. The van der Waals surface area contributed by atoms with E-state index < -0.39 is 28.5 Å². The Morgan fingerprint density at radius 3 is 2.65 bits per heavy atom. The normalized spacial score (nSPS) is 12.1. The van der Waals surface area contributed by atoms with E-state index in [9.17, 15) is 14.0 Å². The van der Waals surface area contributed by atoms with Crippen LogP contribution in [0.5, 0.6) is 0 Å². The monoisotopic (exact) mass is 509 g/mol. The summed E-state index contributed by atoms with van der Waals surface area (Å²) in [5.74, 6) is -2.02. The first kappa shape index (κ1) is 25.6. The number of rotatable bonds is 10. The van der Waals surface area contributed by atoms with Gasteiger partial charge in [-0.1, -0.05) is 0 Å². The van der Waals surface area contributed by atoms with Crippen LogP contribution in [-0.2, 0) is 11.3 Å². The molecule has 3 N–H and O–H groups in total. The molecule has 0 aliphatic heterocycles. The summed E-state index contributed by atoms with van der Waals surface area (Å²) in [6, 6.07) is 1.88. The second-order valence-corrected chi connectivity index (χ2v) is 9.01. The highest BCUT2D eigenvalue weighted by Gasteiger charge is 2.24. The predicted molar refractivity (Wildman–Crippen MR) is 128 cm³/mol. The molecule has 0 radical (unpaired) electrons. The highest BCUT2D eigenvalue weighted by molar-refractivity contribution is 6.44. The maximum Gasteiger partial charge on any atom is 0.270 e. The number of carbonyl (C=O) groups excluding carboxylic acids is 2. The first-order valence-electron chi connectivity index (χ1n) is 10.8.